The molecule has 0 aliphatic carbocycles. The first-order valence-electron chi connectivity index (χ1n) is 5.66. The summed E-state index contributed by atoms with van der Waals surface area (Å²) in [6.45, 7) is 5.63. The number of ether oxygens (including phenoxy) is 2. The van der Waals surface area contributed by atoms with Crippen LogP contribution in [0, 0.1) is 0 Å². The Balaban J connectivity index is 3.34. The number of nitrogens with zero attached hydrogens (tertiary/aromatic N) is 1. The molecule has 0 spiro atoms. The molecule has 0 saturated carbocycles. The molecule has 0 saturated heterocycles. The number of guanidine groups is 1. The Labute approximate surface area is 97.6 Å². The Kier molecular flexibility index (Phi) is 11.6. The van der Waals surface area contributed by atoms with Crippen molar-refractivity contribution in [3.63, 3.8) is 0 Å². The van der Waals surface area contributed by atoms with E-state index < -0.39 is 0 Å². The Morgan fingerprint density at radius 1 is 1.31 bits per heavy atom. The molecule has 96 valence electrons. The molecule has 16 heavy (non-hydrogen) atoms. The first kappa shape index (κ1) is 15.2. The van der Waals surface area contributed by atoms with E-state index in [1.807, 2.05) is 0 Å². The first-order chi connectivity index (χ1) is 7.85. The van der Waals surface area contributed by atoms with E-state index in [1.165, 1.54) is 0 Å². The van der Waals surface area contributed by atoms with Gasteiger partial charge in [-0.05, 0) is 12.8 Å². The predicted octanol–water partition coefficient (Wildman–Crippen LogP) is -0.142. The molecule has 6 heteroatoms. The number of nitrogens with two attached hydrogens (primary N) is 1. The van der Waals surface area contributed by atoms with E-state index in [1.54, 1.807) is 7.11 Å². The third kappa shape index (κ3) is 9.70. The molecular weight excluding hydrogens is 208 g/mol. The van der Waals surface area contributed by atoms with E-state index >= 15 is 0 Å². The van der Waals surface area contributed by atoms with Crippen molar-refractivity contribution in [2.75, 3.05) is 40.0 Å². The number of aliphatic imine (C=N–C) groups is 1. The van der Waals surface area contributed by atoms with Gasteiger partial charge in [-0.15, -0.1) is 0 Å². The largest absolute Gasteiger partial charge is 0.382 e. The lowest BCUT2D eigenvalue weighted by Crippen LogP contribution is -2.42. The monoisotopic (exact) mass is 232 g/mol. The van der Waals surface area contributed by atoms with Crippen molar-refractivity contribution in [2.24, 2.45) is 10.8 Å². The molecule has 0 amide bonds. The van der Waals surface area contributed by atoms with Crippen LogP contribution in [0.25, 0.3) is 0 Å². The second kappa shape index (κ2) is 12.2. The average molecular weight is 232 g/mol. The van der Waals surface area contributed by atoms with Gasteiger partial charge in [0, 0.05) is 26.8 Å². The van der Waals surface area contributed by atoms with Crippen LogP contribution in [0.1, 0.15) is 19.8 Å². The maximum Gasteiger partial charge on any atom is 0.205 e. The summed E-state index contributed by atoms with van der Waals surface area (Å²) >= 11 is 0. The SMILES string of the molecule is CCCN=C(NN)NCCCOCCOC. The summed E-state index contributed by atoms with van der Waals surface area (Å²) in [6.07, 6.45) is 1.92. The molecule has 0 fully saturated rings. The molecule has 0 heterocycles. The van der Waals surface area contributed by atoms with Gasteiger partial charge >= 0.3 is 0 Å². The van der Waals surface area contributed by atoms with E-state index in [9.17, 15) is 0 Å². The summed E-state index contributed by atoms with van der Waals surface area (Å²) in [4.78, 5) is 4.22. The van der Waals surface area contributed by atoms with Crippen molar-refractivity contribution >= 4 is 5.96 Å². The van der Waals surface area contributed by atoms with Crippen molar-refractivity contribution in [1.82, 2.24) is 10.7 Å². The fraction of sp³-hybridized carbons (Fsp3) is 0.900. The average Bonchev–Trinajstić information content (AvgIpc) is 2.32. The van der Waals surface area contributed by atoms with Crippen molar-refractivity contribution in [3.05, 3.63) is 0 Å². The van der Waals surface area contributed by atoms with Crippen molar-refractivity contribution in [2.45, 2.75) is 19.8 Å². The van der Waals surface area contributed by atoms with Gasteiger partial charge in [0.2, 0.25) is 5.96 Å². The zero-order valence-corrected chi connectivity index (χ0v) is 10.3. The molecule has 0 bridgehead atoms. The number of hydrogen-bond donors (Lipinski definition) is 3. The van der Waals surface area contributed by atoms with E-state index in [0.29, 0.717) is 25.8 Å². The Morgan fingerprint density at radius 2 is 2.12 bits per heavy atom. The maximum absolute atomic E-state index is 5.31. The van der Waals surface area contributed by atoms with Crippen LogP contribution in [-0.2, 0) is 9.47 Å². The predicted molar refractivity (Wildman–Crippen MR) is 65.2 cm³/mol. The smallest absolute Gasteiger partial charge is 0.205 e. The van der Waals surface area contributed by atoms with Crippen LogP contribution in [0.2, 0.25) is 0 Å². The van der Waals surface area contributed by atoms with Crippen LogP contribution in [0.3, 0.4) is 0 Å². The van der Waals surface area contributed by atoms with E-state index in [-0.39, 0.29) is 0 Å². The highest BCUT2D eigenvalue weighted by molar-refractivity contribution is 5.79. The van der Waals surface area contributed by atoms with E-state index in [4.69, 9.17) is 15.3 Å². The molecule has 0 aromatic rings. The Hall–Kier alpha value is -0.850. The molecule has 6 nitrogen and oxygen atoms in total. The third-order valence-electron chi connectivity index (χ3n) is 1.82. The van der Waals surface area contributed by atoms with Crippen molar-refractivity contribution in [1.29, 1.82) is 0 Å². The lowest BCUT2D eigenvalue weighted by atomic mass is 10.4. The highest BCUT2D eigenvalue weighted by Crippen LogP contribution is 1.82. The zero-order chi connectivity index (χ0) is 12.1. The van der Waals surface area contributed by atoms with Gasteiger partial charge in [0.25, 0.3) is 0 Å². The molecule has 4 N–H and O–H groups in total. The van der Waals surface area contributed by atoms with Crippen molar-refractivity contribution < 1.29 is 9.47 Å². The quantitative estimate of drug-likeness (QED) is 0.169. The van der Waals surface area contributed by atoms with Gasteiger partial charge < -0.3 is 14.8 Å². The molecule has 0 aromatic carbocycles. The molecule has 0 unspecified atom stereocenters. The van der Waals surface area contributed by atoms with Gasteiger partial charge in [0.05, 0.1) is 13.2 Å². The van der Waals surface area contributed by atoms with Gasteiger partial charge in [-0.3, -0.25) is 10.4 Å². The molecule has 0 aliphatic rings. The topological polar surface area (TPSA) is 80.9 Å². The van der Waals surface area contributed by atoms with Gasteiger partial charge in [0.15, 0.2) is 0 Å². The summed E-state index contributed by atoms with van der Waals surface area (Å²) in [5.74, 6) is 5.94. The normalized spacial score (nSPS) is 11.6. The first-order valence-corrected chi connectivity index (χ1v) is 5.66. The second-order valence-corrected chi connectivity index (χ2v) is 3.26. The lowest BCUT2D eigenvalue weighted by Gasteiger charge is -2.09. The molecule has 0 rings (SSSR count). The maximum atomic E-state index is 5.31. The molecule has 0 atom stereocenters. The summed E-state index contributed by atoms with van der Waals surface area (Å²) in [5, 5.41) is 3.10. The molecule has 0 aliphatic heterocycles. The molecule has 0 radical (unpaired) electrons. The fourth-order valence-electron chi connectivity index (χ4n) is 1.00. The molecule has 0 aromatic heterocycles. The Bertz CT molecular complexity index is 176. The van der Waals surface area contributed by atoms with Crippen LogP contribution >= 0.6 is 0 Å². The van der Waals surface area contributed by atoms with Gasteiger partial charge in [-0.25, -0.2) is 5.84 Å². The van der Waals surface area contributed by atoms with Crippen LogP contribution in [-0.4, -0.2) is 46.0 Å². The van der Waals surface area contributed by atoms with Crippen LogP contribution in [0.5, 0.6) is 0 Å². The number of rotatable bonds is 9. The fourth-order valence-corrected chi connectivity index (χ4v) is 1.00. The highest BCUT2D eigenvalue weighted by Gasteiger charge is 1.94. The zero-order valence-electron chi connectivity index (χ0n) is 10.3. The number of hydrazine groups is 1. The summed E-state index contributed by atoms with van der Waals surface area (Å²) in [6, 6.07) is 0. The third-order valence-corrected chi connectivity index (χ3v) is 1.82. The summed E-state index contributed by atoms with van der Waals surface area (Å²) < 4.78 is 10.2. The Morgan fingerprint density at radius 3 is 2.75 bits per heavy atom. The minimum Gasteiger partial charge on any atom is -0.382 e. The number of hydrogen-bond acceptors (Lipinski definition) is 4. The van der Waals surface area contributed by atoms with E-state index in [2.05, 4.69) is 22.7 Å². The minimum atomic E-state index is 0.638. The standard InChI is InChI=1S/C10H24N4O2/c1-3-5-12-10(14-11)13-6-4-7-16-9-8-15-2/h3-9,11H2,1-2H3,(H2,12,13,14). The molecular formula is C10H24N4O2. The highest BCUT2D eigenvalue weighted by atomic mass is 16.5. The second-order valence-electron chi connectivity index (χ2n) is 3.26. The van der Waals surface area contributed by atoms with E-state index in [0.717, 1.165) is 25.9 Å². The number of methoxy groups -OCH3 is 1. The van der Waals surface area contributed by atoms with Crippen LogP contribution in [0.15, 0.2) is 4.99 Å². The van der Waals surface area contributed by atoms with Gasteiger partial charge in [-0.2, -0.15) is 0 Å². The summed E-state index contributed by atoms with van der Waals surface area (Å²) in [7, 11) is 1.66. The minimum absolute atomic E-state index is 0.638. The van der Waals surface area contributed by atoms with Gasteiger partial charge in [-0.1, -0.05) is 6.92 Å². The number of nitrogens with one attached hydrogen (secondary N) is 2. The van der Waals surface area contributed by atoms with Gasteiger partial charge in [0.1, 0.15) is 0 Å². The summed E-state index contributed by atoms with van der Waals surface area (Å²) in [5.41, 5.74) is 2.53. The van der Waals surface area contributed by atoms with Crippen LogP contribution in [0.4, 0.5) is 0 Å². The van der Waals surface area contributed by atoms with Crippen molar-refractivity contribution in [3.8, 4) is 0 Å². The lowest BCUT2D eigenvalue weighted by molar-refractivity contribution is 0.0698. The van der Waals surface area contributed by atoms with Crippen LogP contribution < -0.4 is 16.6 Å².